The zero-order valence-corrected chi connectivity index (χ0v) is 9.04. The summed E-state index contributed by atoms with van der Waals surface area (Å²) in [5, 5.41) is 25.8. The summed E-state index contributed by atoms with van der Waals surface area (Å²) in [6, 6.07) is 0. The van der Waals surface area contributed by atoms with E-state index in [9.17, 15) is 10.4 Å². The fourth-order valence-corrected chi connectivity index (χ4v) is 6.73. The number of fused-ring (bicyclic) bond motifs is 2. The van der Waals surface area contributed by atoms with Crippen molar-refractivity contribution < 1.29 is 10.4 Å². The van der Waals surface area contributed by atoms with Gasteiger partial charge in [0.2, 0.25) is 0 Å². The molecule has 2 bridgehead atoms. The van der Waals surface area contributed by atoms with Crippen molar-refractivity contribution >= 4 is 11.4 Å². The van der Waals surface area contributed by atoms with Gasteiger partial charge in [-0.25, -0.2) is 0 Å². The summed E-state index contributed by atoms with van der Waals surface area (Å²) in [5.74, 6) is 4.07. The van der Waals surface area contributed by atoms with Crippen molar-refractivity contribution in [3.63, 3.8) is 0 Å². The highest BCUT2D eigenvalue weighted by Crippen LogP contribution is 2.85. The molecule has 0 radical (unpaired) electrons. The highest BCUT2D eigenvalue weighted by molar-refractivity contribution is 6.12. The van der Waals surface area contributed by atoms with Crippen LogP contribution in [0.1, 0.15) is 13.3 Å². The van der Waals surface area contributed by atoms with E-state index in [4.69, 9.17) is 0 Å². The minimum absolute atomic E-state index is 0.0259. The first kappa shape index (κ1) is 8.09. The Balaban J connectivity index is 1.86. The number of hydrogen-bond donors (Lipinski definition) is 2. The molecule has 0 aromatic carbocycles. The van der Waals surface area contributed by atoms with Crippen molar-refractivity contribution in [1.29, 1.82) is 0 Å². The average molecular weight is 218 g/mol. The maximum Gasteiger partial charge on any atom is 0.0679 e. The van der Waals surface area contributed by atoms with Gasteiger partial charge in [-0.2, -0.15) is 0 Å². The standard InChI is InChI=1S/C12H14N2O2/c1-12-8-4-2-3-5(6(4)11(12)14-16)10(13-15)9(12)7(3)8/h3-9,15-16H,2H2,1H3/b13-10+,14-11+. The van der Waals surface area contributed by atoms with Gasteiger partial charge in [-0.3, -0.25) is 0 Å². The van der Waals surface area contributed by atoms with Crippen LogP contribution in [-0.4, -0.2) is 21.8 Å². The molecule has 84 valence electrons. The van der Waals surface area contributed by atoms with Crippen LogP contribution < -0.4 is 0 Å². The second kappa shape index (κ2) is 1.91. The monoisotopic (exact) mass is 218 g/mol. The molecule has 8 atom stereocenters. The molecule has 5 aliphatic carbocycles. The van der Waals surface area contributed by atoms with Gasteiger partial charge >= 0.3 is 0 Å². The molecular formula is C12H14N2O2. The summed E-state index contributed by atoms with van der Waals surface area (Å²) in [6.45, 7) is 2.22. The van der Waals surface area contributed by atoms with Gasteiger partial charge in [0, 0.05) is 23.2 Å². The van der Waals surface area contributed by atoms with E-state index in [1.165, 1.54) is 6.42 Å². The molecule has 4 heteroatoms. The van der Waals surface area contributed by atoms with Crippen LogP contribution in [0.5, 0.6) is 0 Å². The first-order chi connectivity index (χ1) is 7.75. The first-order valence-electron chi connectivity index (χ1n) is 6.19. The molecule has 4 nitrogen and oxygen atoms in total. The Morgan fingerprint density at radius 2 is 2.00 bits per heavy atom. The second-order valence-electron chi connectivity index (χ2n) is 6.49. The third-order valence-electron chi connectivity index (χ3n) is 6.70. The fraction of sp³-hybridized carbons (Fsp3) is 0.833. The van der Waals surface area contributed by atoms with Crippen LogP contribution in [0.15, 0.2) is 10.3 Å². The van der Waals surface area contributed by atoms with Gasteiger partial charge in [-0.1, -0.05) is 17.2 Å². The minimum Gasteiger partial charge on any atom is -0.411 e. The van der Waals surface area contributed by atoms with Crippen molar-refractivity contribution in [2.75, 3.05) is 0 Å². The van der Waals surface area contributed by atoms with Gasteiger partial charge < -0.3 is 10.4 Å². The van der Waals surface area contributed by atoms with Crippen molar-refractivity contribution in [3.8, 4) is 0 Å². The van der Waals surface area contributed by atoms with Gasteiger partial charge in [0.15, 0.2) is 0 Å². The molecule has 0 aromatic rings. The second-order valence-corrected chi connectivity index (χ2v) is 6.49. The minimum atomic E-state index is 0.0259. The van der Waals surface area contributed by atoms with E-state index in [2.05, 4.69) is 17.2 Å². The van der Waals surface area contributed by atoms with Crippen LogP contribution in [-0.2, 0) is 0 Å². The molecule has 8 unspecified atom stereocenters. The Bertz CT molecular complexity index is 481. The predicted octanol–water partition coefficient (Wildman–Crippen LogP) is 1.42. The summed E-state index contributed by atoms with van der Waals surface area (Å²) in [7, 11) is 0. The van der Waals surface area contributed by atoms with E-state index in [1.54, 1.807) is 0 Å². The van der Waals surface area contributed by atoms with Crippen molar-refractivity contribution in [2.24, 2.45) is 57.2 Å². The zero-order chi connectivity index (χ0) is 10.8. The Hall–Kier alpha value is -1.06. The van der Waals surface area contributed by atoms with Gasteiger partial charge in [0.1, 0.15) is 0 Å². The average Bonchev–Trinajstić information content (AvgIpc) is 2.81. The fourth-order valence-electron chi connectivity index (χ4n) is 6.73. The normalized spacial score (nSPS) is 72.2. The first-order valence-corrected chi connectivity index (χ1v) is 6.19. The van der Waals surface area contributed by atoms with E-state index in [1.807, 2.05) is 0 Å². The summed E-state index contributed by atoms with van der Waals surface area (Å²) in [6.07, 6.45) is 1.27. The van der Waals surface area contributed by atoms with Crippen molar-refractivity contribution in [2.45, 2.75) is 13.3 Å². The zero-order valence-electron chi connectivity index (χ0n) is 9.04. The van der Waals surface area contributed by atoms with E-state index < -0.39 is 0 Å². The quantitative estimate of drug-likeness (QED) is 0.477. The molecule has 0 spiro atoms. The lowest BCUT2D eigenvalue weighted by molar-refractivity contribution is -0.0100. The molecule has 5 rings (SSSR count). The smallest absolute Gasteiger partial charge is 0.0679 e. The Kier molecular flexibility index (Phi) is 0.967. The Morgan fingerprint density at radius 1 is 1.19 bits per heavy atom. The third-order valence-corrected chi connectivity index (χ3v) is 6.70. The molecule has 0 saturated heterocycles. The lowest BCUT2D eigenvalue weighted by atomic mass is 9.49. The largest absolute Gasteiger partial charge is 0.411 e. The molecule has 5 aliphatic rings. The number of hydrogen-bond acceptors (Lipinski definition) is 4. The van der Waals surface area contributed by atoms with Gasteiger partial charge in [0.25, 0.3) is 0 Å². The van der Waals surface area contributed by atoms with Crippen LogP contribution in [0.4, 0.5) is 0 Å². The molecule has 2 N–H and O–H groups in total. The number of rotatable bonds is 0. The van der Waals surface area contributed by atoms with Gasteiger partial charge in [-0.15, -0.1) is 0 Å². The maximum atomic E-state index is 9.29. The van der Waals surface area contributed by atoms with Crippen molar-refractivity contribution in [1.82, 2.24) is 0 Å². The SMILES string of the molecule is CC12/C(=N/O)C3C4CC5C3/C(=N\O)C1C5C42. The van der Waals surface area contributed by atoms with Crippen LogP contribution in [0.25, 0.3) is 0 Å². The Morgan fingerprint density at radius 3 is 2.69 bits per heavy atom. The van der Waals surface area contributed by atoms with Gasteiger partial charge in [0.05, 0.1) is 11.4 Å². The van der Waals surface area contributed by atoms with E-state index in [-0.39, 0.29) is 5.41 Å². The molecule has 16 heavy (non-hydrogen) atoms. The number of oxime groups is 2. The molecular weight excluding hydrogens is 204 g/mol. The molecule has 0 heterocycles. The number of nitrogens with zero attached hydrogens (tertiary/aromatic N) is 2. The van der Waals surface area contributed by atoms with Crippen molar-refractivity contribution in [3.05, 3.63) is 0 Å². The lowest BCUT2D eigenvalue weighted by Crippen LogP contribution is -2.57. The maximum absolute atomic E-state index is 9.29. The molecule has 0 aliphatic heterocycles. The summed E-state index contributed by atoms with van der Waals surface area (Å²) >= 11 is 0. The van der Waals surface area contributed by atoms with E-state index in [0.29, 0.717) is 29.6 Å². The summed E-state index contributed by atoms with van der Waals surface area (Å²) in [5.41, 5.74) is 2.09. The molecule has 0 aromatic heterocycles. The van der Waals surface area contributed by atoms with Crippen LogP contribution >= 0.6 is 0 Å². The molecule has 0 amide bonds. The predicted molar refractivity (Wildman–Crippen MR) is 55.6 cm³/mol. The lowest BCUT2D eigenvalue weighted by Gasteiger charge is -2.53. The summed E-state index contributed by atoms with van der Waals surface area (Å²) < 4.78 is 0. The third kappa shape index (κ3) is 0.437. The topological polar surface area (TPSA) is 65.2 Å². The molecule has 5 fully saturated rings. The Labute approximate surface area is 93.0 Å². The van der Waals surface area contributed by atoms with Crippen LogP contribution in [0, 0.1) is 46.8 Å². The van der Waals surface area contributed by atoms with Crippen LogP contribution in [0.3, 0.4) is 0 Å². The van der Waals surface area contributed by atoms with E-state index >= 15 is 0 Å². The highest BCUT2D eigenvalue weighted by Gasteiger charge is 2.87. The van der Waals surface area contributed by atoms with Crippen LogP contribution in [0.2, 0.25) is 0 Å². The van der Waals surface area contributed by atoms with Gasteiger partial charge in [-0.05, 0) is 30.1 Å². The summed E-state index contributed by atoms with van der Waals surface area (Å²) in [4.78, 5) is 0. The van der Waals surface area contributed by atoms with E-state index in [0.717, 1.165) is 23.3 Å². The highest BCUT2D eigenvalue weighted by atomic mass is 16.4. The molecule has 5 saturated carbocycles.